The molecule has 0 aliphatic carbocycles. The van der Waals surface area contributed by atoms with Gasteiger partial charge in [0.1, 0.15) is 5.69 Å². The van der Waals surface area contributed by atoms with Gasteiger partial charge in [0.05, 0.1) is 4.34 Å². The molecule has 2 aromatic rings. The number of H-pyrrole nitrogens is 1. The van der Waals surface area contributed by atoms with Crippen LogP contribution in [0.2, 0.25) is 4.34 Å². The number of amides is 1. The summed E-state index contributed by atoms with van der Waals surface area (Å²) in [4.78, 5) is 12.9. The summed E-state index contributed by atoms with van der Waals surface area (Å²) in [6.07, 6.45) is 1.63. The summed E-state index contributed by atoms with van der Waals surface area (Å²) >= 11 is 7.37. The second-order valence-electron chi connectivity index (χ2n) is 3.84. The Balaban J connectivity index is 1.81. The number of hydrogen-bond donors (Lipinski definition) is 2. The fraction of sp³-hybridized carbons (Fsp3) is 0.333. The van der Waals surface area contributed by atoms with Crippen LogP contribution in [-0.2, 0) is 12.8 Å². The molecule has 2 rings (SSSR count). The lowest BCUT2D eigenvalue weighted by atomic mass is 10.3. The minimum atomic E-state index is -0.145. The molecular weight excluding hydrogens is 270 g/mol. The summed E-state index contributed by atoms with van der Waals surface area (Å²) in [7, 11) is 0. The fourth-order valence-electron chi connectivity index (χ4n) is 1.53. The number of aryl methyl sites for hydroxylation is 1. The third kappa shape index (κ3) is 3.34. The van der Waals surface area contributed by atoms with E-state index in [2.05, 4.69) is 15.5 Å². The van der Waals surface area contributed by atoms with Crippen molar-refractivity contribution < 1.29 is 4.79 Å². The van der Waals surface area contributed by atoms with Crippen LogP contribution in [-0.4, -0.2) is 22.6 Å². The van der Waals surface area contributed by atoms with E-state index in [0.29, 0.717) is 12.2 Å². The second-order valence-corrected chi connectivity index (χ2v) is 5.64. The Morgan fingerprint density at radius 2 is 2.39 bits per heavy atom. The average molecular weight is 284 g/mol. The third-order valence-corrected chi connectivity index (χ3v) is 3.82. The maximum absolute atomic E-state index is 11.8. The quantitative estimate of drug-likeness (QED) is 0.886. The van der Waals surface area contributed by atoms with Crippen LogP contribution in [0, 0.1) is 0 Å². The lowest BCUT2D eigenvalue weighted by Gasteiger charge is -2.00. The van der Waals surface area contributed by atoms with Gasteiger partial charge in [0.2, 0.25) is 0 Å². The first-order valence-electron chi connectivity index (χ1n) is 5.75. The molecule has 0 spiro atoms. The van der Waals surface area contributed by atoms with Gasteiger partial charge in [0.25, 0.3) is 5.91 Å². The van der Waals surface area contributed by atoms with E-state index in [1.807, 2.05) is 19.1 Å². The molecule has 0 radical (unpaired) electrons. The van der Waals surface area contributed by atoms with Gasteiger partial charge in [-0.25, -0.2) is 0 Å². The van der Waals surface area contributed by atoms with Gasteiger partial charge >= 0.3 is 0 Å². The van der Waals surface area contributed by atoms with Crippen LogP contribution in [0.1, 0.15) is 28.0 Å². The Kier molecular flexibility index (Phi) is 4.38. The van der Waals surface area contributed by atoms with E-state index in [0.717, 1.165) is 27.7 Å². The highest BCUT2D eigenvalue weighted by Crippen LogP contribution is 2.21. The Hall–Kier alpha value is -1.33. The first-order valence-corrected chi connectivity index (χ1v) is 6.95. The molecule has 0 bridgehead atoms. The first-order chi connectivity index (χ1) is 8.69. The van der Waals surface area contributed by atoms with E-state index in [4.69, 9.17) is 11.6 Å². The van der Waals surface area contributed by atoms with E-state index in [1.54, 1.807) is 6.07 Å². The Bertz CT molecular complexity index is 535. The maximum atomic E-state index is 11.8. The normalized spacial score (nSPS) is 10.6. The van der Waals surface area contributed by atoms with E-state index in [-0.39, 0.29) is 5.91 Å². The number of nitrogens with zero attached hydrogens (tertiary/aromatic N) is 1. The standard InChI is InChI=1S/C12H14ClN3OS/c1-2-8-7-10(16-15-8)12(17)14-6-5-9-3-4-11(13)18-9/h3-4,7H,2,5-6H2,1H3,(H,14,17)(H,15,16). The first kappa shape index (κ1) is 13.1. The van der Waals surface area contributed by atoms with E-state index >= 15 is 0 Å². The molecule has 96 valence electrons. The number of aromatic amines is 1. The minimum Gasteiger partial charge on any atom is -0.350 e. The molecule has 0 saturated carbocycles. The highest BCUT2D eigenvalue weighted by atomic mass is 35.5. The molecule has 0 fully saturated rings. The SMILES string of the molecule is CCc1cc(C(=O)NCCc2ccc(Cl)s2)n[nH]1. The van der Waals surface area contributed by atoms with Crippen molar-refractivity contribution in [3.63, 3.8) is 0 Å². The van der Waals surface area contributed by atoms with Crippen LogP contribution in [0.25, 0.3) is 0 Å². The van der Waals surface area contributed by atoms with E-state index in [9.17, 15) is 4.79 Å². The second kappa shape index (κ2) is 6.02. The summed E-state index contributed by atoms with van der Waals surface area (Å²) in [5, 5.41) is 9.62. The third-order valence-electron chi connectivity index (χ3n) is 2.53. The number of rotatable bonds is 5. The van der Waals surface area contributed by atoms with Crippen molar-refractivity contribution in [1.29, 1.82) is 0 Å². The molecule has 0 aliphatic heterocycles. The molecule has 2 aromatic heterocycles. The van der Waals surface area contributed by atoms with Crippen molar-refractivity contribution in [2.75, 3.05) is 6.54 Å². The van der Waals surface area contributed by atoms with Crippen LogP contribution in [0.3, 0.4) is 0 Å². The Morgan fingerprint density at radius 1 is 1.56 bits per heavy atom. The smallest absolute Gasteiger partial charge is 0.271 e. The largest absolute Gasteiger partial charge is 0.350 e. The lowest BCUT2D eigenvalue weighted by Crippen LogP contribution is -2.25. The number of thiophene rings is 1. The number of carbonyl (C=O) groups is 1. The van der Waals surface area contributed by atoms with Crippen LogP contribution >= 0.6 is 22.9 Å². The number of aromatic nitrogens is 2. The van der Waals surface area contributed by atoms with Gasteiger partial charge in [0.15, 0.2) is 0 Å². The van der Waals surface area contributed by atoms with Gasteiger partial charge in [-0.1, -0.05) is 18.5 Å². The monoisotopic (exact) mass is 283 g/mol. The van der Waals surface area contributed by atoms with Gasteiger partial charge in [-0.3, -0.25) is 9.89 Å². The Labute approximate surface area is 114 Å². The van der Waals surface area contributed by atoms with Gasteiger partial charge in [-0.15, -0.1) is 11.3 Å². The number of hydrogen-bond acceptors (Lipinski definition) is 3. The van der Waals surface area contributed by atoms with Gasteiger partial charge < -0.3 is 5.32 Å². The molecule has 4 nitrogen and oxygen atoms in total. The molecule has 18 heavy (non-hydrogen) atoms. The van der Waals surface area contributed by atoms with Gasteiger partial charge in [-0.05, 0) is 31.0 Å². The van der Waals surface area contributed by atoms with Crippen molar-refractivity contribution in [2.45, 2.75) is 19.8 Å². The van der Waals surface area contributed by atoms with Crippen LogP contribution in [0.15, 0.2) is 18.2 Å². The van der Waals surface area contributed by atoms with Crippen LogP contribution in [0.5, 0.6) is 0 Å². The van der Waals surface area contributed by atoms with Crippen molar-refractivity contribution >= 4 is 28.8 Å². The van der Waals surface area contributed by atoms with Gasteiger partial charge in [-0.2, -0.15) is 5.10 Å². The maximum Gasteiger partial charge on any atom is 0.271 e. The van der Waals surface area contributed by atoms with Crippen molar-refractivity contribution in [3.05, 3.63) is 38.8 Å². The zero-order chi connectivity index (χ0) is 13.0. The van der Waals surface area contributed by atoms with Crippen LogP contribution < -0.4 is 5.32 Å². The summed E-state index contributed by atoms with van der Waals surface area (Å²) < 4.78 is 0.774. The zero-order valence-electron chi connectivity index (χ0n) is 10.00. The molecule has 1 amide bonds. The Morgan fingerprint density at radius 3 is 3.00 bits per heavy atom. The number of nitrogens with one attached hydrogen (secondary N) is 2. The van der Waals surface area contributed by atoms with Crippen molar-refractivity contribution in [2.24, 2.45) is 0 Å². The highest BCUT2D eigenvalue weighted by Gasteiger charge is 2.09. The zero-order valence-corrected chi connectivity index (χ0v) is 11.6. The molecule has 2 heterocycles. The molecule has 0 atom stereocenters. The molecule has 6 heteroatoms. The molecular formula is C12H14ClN3OS. The van der Waals surface area contributed by atoms with E-state index in [1.165, 1.54) is 11.3 Å². The summed E-state index contributed by atoms with van der Waals surface area (Å²) in [6, 6.07) is 5.62. The number of carbonyl (C=O) groups excluding carboxylic acids is 1. The molecule has 0 aromatic carbocycles. The van der Waals surface area contributed by atoms with Gasteiger partial charge in [0, 0.05) is 17.1 Å². The number of halogens is 1. The summed E-state index contributed by atoms with van der Waals surface area (Å²) in [5.41, 5.74) is 1.40. The highest BCUT2D eigenvalue weighted by molar-refractivity contribution is 7.16. The van der Waals surface area contributed by atoms with E-state index < -0.39 is 0 Å². The molecule has 2 N–H and O–H groups in total. The molecule has 0 unspecified atom stereocenters. The predicted octanol–water partition coefficient (Wildman–Crippen LogP) is 2.66. The summed E-state index contributed by atoms with van der Waals surface area (Å²) in [5.74, 6) is -0.145. The minimum absolute atomic E-state index is 0.145. The fourth-order valence-corrected chi connectivity index (χ4v) is 2.62. The van der Waals surface area contributed by atoms with Crippen molar-refractivity contribution in [1.82, 2.24) is 15.5 Å². The predicted molar refractivity (Wildman–Crippen MR) is 73.3 cm³/mol. The van der Waals surface area contributed by atoms with Crippen molar-refractivity contribution in [3.8, 4) is 0 Å². The molecule has 0 aliphatic rings. The van der Waals surface area contributed by atoms with Crippen LogP contribution in [0.4, 0.5) is 0 Å². The topological polar surface area (TPSA) is 57.8 Å². The lowest BCUT2D eigenvalue weighted by molar-refractivity contribution is 0.0949. The molecule has 0 saturated heterocycles. The summed E-state index contributed by atoms with van der Waals surface area (Å²) in [6.45, 7) is 2.60. The average Bonchev–Trinajstić information content (AvgIpc) is 2.98.